The van der Waals surface area contributed by atoms with Crippen LogP contribution in [0.15, 0.2) is 53.6 Å². The molecule has 0 unspecified atom stereocenters. The van der Waals surface area contributed by atoms with Crippen LogP contribution in [0.3, 0.4) is 0 Å². The number of fused-ring (bicyclic) bond motifs is 1. The highest BCUT2D eigenvalue weighted by Gasteiger charge is 2.23. The maximum Gasteiger partial charge on any atom is 0.328 e. The fourth-order valence-electron chi connectivity index (χ4n) is 3.62. The van der Waals surface area contributed by atoms with Crippen molar-refractivity contribution < 1.29 is 27.1 Å². The van der Waals surface area contributed by atoms with Gasteiger partial charge in [-0.25, -0.2) is 22.3 Å². The maximum absolute atomic E-state index is 14.0. The highest BCUT2D eigenvalue weighted by Crippen LogP contribution is 2.28. The highest BCUT2D eigenvalue weighted by molar-refractivity contribution is 7.90. The van der Waals surface area contributed by atoms with E-state index in [-0.39, 0.29) is 18.9 Å². The number of nitrogens with zero attached hydrogens (tertiary/aromatic N) is 2. The van der Waals surface area contributed by atoms with Gasteiger partial charge in [0.2, 0.25) is 0 Å². The van der Waals surface area contributed by atoms with Gasteiger partial charge in [-0.15, -0.1) is 0 Å². The minimum absolute atomic E-state index is 0.0209. The molecule has 13 heteroatoms. The second-order valence-corrected chi connectivity index (χ2v) is 10.2. The van der Waals surface area contributed by atoms with Crippen molar-refractivity contribution in [1.29, 1.82) is 0 Å². The van der Waals surface area contributed by atoms with Crippen LogP contribution in [0.5, 0.6) is 5.75 Å². The van der Waals surface area contributed by atoms with Gasteiger partial charge in [0.25, 0.3) is 10.0 Å². The molecule has 0 saturated carbocycles. The van der Waals surface area contributed by atoms with Crippen LogP contribution in [0.4, 0.5) is 9.18 Å². The Kier molecular flexibility index (Phi) is 7.84. The van der Waals surface area contributed by atoms with Crippen molar-refractivity contribution in [2.45, 2.75) is 18.0 Å². The Morgan fingerprint density at radius 2 is 2.06 bits per heavy atom. The Bertz CT molecular complexity index is 1440. The summed E-state index contributed by atoms with van der Waals surface area (Å²) in [5.74, 6) is -0.884. The zero-order chi connectivity index (χ0) is 25.9. The molecule has 0 bridgehead atoms. The first-order valence-electron chi connectivity index (χ1n) is 10.6. The molecule has 4 rings (SSSR count). The summed E-state index contributed by atoms with van der Waals surface area (Å²) in [7, 11) is -3.15. The summed E-state index contributed by atoms with van der Waals surface area (Å²) >= 11 is 12.3. The molecule has 0 atom stereocenters. The van der Waals surface area contributed by atoms with Crippen LogP contribution in [-0.4, -0.2) is 44.5 Å². The molecule has 1 aliphatic heterocycles. The Morgan fingerprint density at radius 3 is 2.81 bits per heavy atom. The summed E-state index contributed by atoms with van der Waals surface area (Å²) in [4.78, 5) is 11.5. The van der Waals surface area contributed by atoms with Crippen LogP contribution < -0.4 is 14.8 Å². The Morgan fingerprint density at radius 1 is 1.25 bits per heavy atom. The lowest BCUT2D eigenvalue weighted by molar-refractivity contribution is 0.145. The number of sulfonamides is 1. The van der Waals surface area contributed by atoms with Crippen LogP contribution in [0.25, 0.3) is 5.57 Å². The molecule has 0 saturated heterocycles. The van der Waals surface area contributed by atoms with Crippen molar-refractivity contribution >= 4 is 44.8 Å². The van der Waals surface area contributed by atoms with Gasteiger partial charge in [-0.2, -0.15) is 5.10 Å². The average Bonchev–Trinajstić information content (AvgIpc) is 3.24. The van der Waals surface area contributed by atoms with Gasteiger partial charge in [0.15, 0.2) is 0 Å². The van der Waals surface area contributed by atoms with E-state index in [2.05, 4.69) is 10.4 Å². The summed E-state index contributed by atoms with van der Waals surface area (Å²) < 4.78 is 53.1. The topological polar surface area (TPSA) is 112 Å². The molecular formula is C23H21Cl2FN4O5S. The lowest BCUT2D eigenvalue weighted by Crippen LogP contribution is -2.39. The lowest BCUT2D eigenvalue weighted by Gasteiger charge is -2.19. The Hall–Kier alpha value is -3.12. The van der Waals surface area contributed by atoms with Gasteiger partial charge in [-0.3, -0.25) is 4.68 Å². The quantitative estimate of drug-likeness (QED) is 0.456. The lowest BCUT2D eigenvalue weighted by atomic mass is 10.1. The number of hydrogen-bond acceptors (Lipinski definition) is 6. The van der Waals surface area contributed by atoms with Gasteiger partial charge in [0.1, 0.15) is 16.5 Å². The van der Waals surface area contributed by atoms with Gasteiger partial charge >= 0.3 is 6.03 Å². The van der Waals surface area contributed by atoms with Crippen molar-refractivity contribution in [2.24, 2.45) is 0 Å². The molecule has 1 aromatic heterocycles. The van der Waals surface area contributed by atoms with Crippen LogP contribution in [0.2, 0.25) is 10.0 Å². The number of hydrogen-bond donors (Lipinski definition) is 2. The number of rotatable bonds is 7. The first-order valence-corrected chi connectivity index (χ1v) is 12.8. The zero-order valence-electron chi connectivity index (χ0n) is 18.9. The van der Waals surface area contributed by atoms with E-state index in [1.807, 2.05) is 6.07 Å². The van der Waals surface area contributed by atoms with Gasteiger partial charge in [-0.05, 0) is 29.8 Å². The van der Waals surface area contributed by atoms with Crippen molar-refractivity contribution in [1.82, 2.24) is 19.8 Å². The molecule has 0 fully saturated rings. The zero-order valence-corrected chi connectivity index (χ0v) is 21.3. The molecule has 2 heterocycles. The Balaban J connectivity index is 1.45. The fraction of sp³-hybridized carbons (Fsp3) is 0.217. The van der Waals surface area contributed by atoms with Gasteiger partial charge in [-0.1, -0.05) is 35.3 Å². The smallest absolute Gasteiger partial charge is 0.328 e. The van der Waals surface area contributed by atoms with E-state index in [9.17, 15) is 17.6 Å². The molecule has 1 aliphatic rings. The second-order valence-electron chi connectivity index (χ2n) is 7.75. The number of ether oxygens (including phenoxy) is 2. The van der Waals surface area contributed by atoms with E-state index in [1.54, 1.807) is 33.8 Å². The van der Waals surface area contributed by atoms with Crippen molar-refractivity contribution in [3.05, 3.63) is 81.4 Å². The van der Waals surface area contributed by atoms with E-state index >= 15 is 0 Å². The predicted octanol–water partition coefficient (Wildman–Crippen LogP) is 3.99. The normalized spacial score (nSPS) is 14.4. The molecule has 3 aromatic rings. The van der Waals surface area contributed by atoms with Gasteiger partial charge < -0.3 is 14.8 Å². The molecule has 9 nitrogen and oxygen atoms in total. The minimum Gasteiger partial charge on any atom is -0.497 e. The standard InChI is InChI=1S/C23H21Cl2FN4O5S/c1-34-18-4-5-20(26)21(9-18)36(32,33)29-23(31)27-7-6-15-12-35-13-16-10-28-30(22(15)16)11-14-2-3-17(24)8-19(14)25/h2-6,8-10H,7,11-13H2,1H3,(H2,27,29,31)/b15-6+. The van der Waals surface area contributed by atoms with E-state index in [0.717, 1.165) is 34.5 Å². The van der Waals surface area contributed by atoms with Crippen LogP contribution in [-0.2, 0) is 27.9 Å². The average molecular weight is 555 g/mol. The molecule has 190 valence electrons. The van der Waals surface area contributed by atoms with E-state index in [4.69, 9.17) is 32.7 Å². The summed E-state index contributed by atoms with van der Waals surface area (Å²) in [6.07, 6.45) is 3.39. The molecule has 0 spiro atoms. The van der Waals surface area contributed by atoms with E-state index < -0.39 is 26.8 Å². The summed E-state index contributed by atoms with van der Waals surface area (Å²) in [6.45, 7) is 1.01. The van der Waals surface area contributed by atoms with E-state index in [1.165, 1.54) is 13.2 Å². The SMILES string of the molecule is COc1ccc(F)c(S(=O)(=O)NC(=O)NC/C=C2\COCc3cnn(Cc4ccc(Cl)cc4Cl)c32)c1. The van der Waals surface area contributed by atoms with Crippen LogP contribution >= 0.6 is 23.2 Å². The summed E-state index contributed by atoms with van der Waals surface area (Å²) in [6, 6.07) is 7.39. The molecule has 2 aromatic carbocycles. The number of carbonyl (C=O) groups excluding carboxylic acids is 1. The number of amides is 2. The highest BCUT2D eigenvalue weighted by atomic mass is 35.5. The first kappa shape index (κ1) is 26.0. The second kappa shape index (κ2) is 10.9. The van der Waals surface area contributed by atoms with Gasteiger partial charge in [0, 0.05) is 33.8 Å². The number of aromatic nitrogens is 2. The number of nitrogens with one attached hydrogen (secondary N) is 2. The van der Waals surface area contributed by atoms with Crippen molar-refractivity contribution in [3.63, 3.8) is 0 Å². The predicted molar refractivity (Wildman–Crippen MR) is 132 cm³/mol. The maximum atomic E-state index is 14.0. The van der Waals surface area contributed by atoms with E-state index in [0.29, 0.717) is 23.2 Å². The largest absolute Gasteiger partial charge is 0.497 e. The molecule has 0 aliphatic carbocycles. The van der Waals surface area contributed by atoms with Crippen molar-refractivity contribution in [3.8, 4) is 5.75 Å². The number of halogens is 3. The number of benzene rings is 2. The number of urea groups is 1. The third kappa shape index (κ3) is 5.81. The van der Waals surface area contributed by atoms with Crippen LogP contribution in [0.1, 0.15) is 16.8 Å². The van der Waals surface area contributed by atoms with Crippen molar-refractivity contribution in [2.75, 3.05) is 20.3 Å². The van der Waals surface area contributed by atoms with Crippen LogP contribution in [0, 0.1) is 5.82 Å². The van der Waals surface area contributed by atoms with Gasteiger partial charge in [0.05, 0.1) is 38.8 Å². The minimum atomic E-state index is -4.46. The summed E-state index contributed by atoms with van der Waals surface area (Å²) in [5, 5.41) is 7.90. The third-order valence-electron chi connectivity index (χ3n) is 5.34. The molecule has 36 heavy (non-hydrogen) atoms. The molecular weight excluding hydrogens is 534 g/mol. The molecule has 2 amide bonds. The Labute approximate surface area is 216 Å². The third-order valence-corrected chi connectivity index (χ3v) is 7.27. The fourth-order valence-corrected chi connectivity index (χ4v) is 5.11. The number of carbonyl (C=O) groups is 1. The monoisotopic (exact) mass is 554 g/mol. The number of methoxy groups -OCH3 is 1. The molecule has 2 N–H and O–H groups in total. The summed E-state index contributed by atoms with van der Waals surface area (Å²) in [5.41, 5.74) is 3.25. The first-order chi connectivity index (χ1) is 17.2. The molecule has 0 radical (unpaired) electrons.